The molecule has 0 aliphatic heterocycles. The first kappa shape index (κ1) is 13.2. The number of halogens is 2. The summed E-state index contributed by atoms with van der Waals surface area (Å²) in [4.78, 5) is 11.1. The Kier molecular flexibility index (Phi) is 2.97. The number of thiophene rings is 1. The Bertz CT molecular complexity index is 875. The topological polar surface area (TPSA) is 51.8 Å². The Balaban J connectivity index is 1.97. The molecule has 0 saturated carbocycles. The predicted octanol–water partition coefficient (Wildman–Crippen LogP) is 4.33. The lowest BCUT2D eigenvalue weighted by molar-refractivity contribution is 0.630. The van der Waals surface area contributed by atoms with Crippen molar-refractivity contribution in [3.8, 4) is 11.4 Å². The van der Waals surface area contributed by atoms with Crippen LogP contribution in [0.1, 0.15) is 16.9 Å². The summed E-state index contributed by atoms with van der Waals surface area (Å²) in [5, 5.41) is 0.964. The van der Waals surface area contributed by atoms with Crippen LogP contribution in [-0.2, 0) is 12.8 Å². The second kappa shape index (κ2) is 4.74. The van der Waals surface area contributed by atoms with Crippen molar-refractivity contribution in [2.45, 2.75) is 19.3 Å². The van der Waals surface area contributed by atoms with E-state index in [0.29, 0.717) is 17.2 Å². The Labute approximate surface area is 133 Å². The Hall–Kier alpha value is -1.53. The van der Waals surface area contributed by atoms with Crippen LogP contribution in [0.15, 0.2) is 22.7 Å². The van der Waals surface area contributed by atoms with Crippen LogP contribution in [0.5, 0.6) is 0 Å². The van der Waals surface area contributed by atoms with Crippen LogP contribution >= 0.6 is 27.3 Å². The molecular formula is C15H11BrFN3S. The summed E-state index contributed by atoms with van der Waals surface area (Å²) in [5.74, 6) is 0.452. The van der Waals surface area contributed by atoms with Gasteiger partial charge in [-0.05, 0) is 43.0 Å². The predicted molar refractivity (Wildman–Crippen MR) is 86.9 cm³/mol. The molecule has 0 unspecified atom stereocenters. The standard InChI is InChI=1S/C15H11BrFN3S/c16-7-4-5-10(17)9(6-7)14-19-13(18)12-8-2-1-3-11(8)21-15(12)20-14/h4-6H,1-3H2,(H2,18,19,20). The molecule has 0 fully saturated rings. The van der Waals surface area contributed by atoms with Crippen molar-refractivity contribution in [1.29, 1.82) is 0 Å². The van der Waals surface area contributed by atoms with Crippen LogP contribution in [0.2, 0.25) is 0 Å². The minimum atomic E-state index is -0.346. The maximum absolute atomic E-state index is 14.0. The first-order valence-corrected chi connectivity index (χ1v) is 8.27. The highest BCUT2D eigenvalue weighted by molar-refractivity contribution is 9.10. The average molecular weight is 364 g/mol. The molecule has 0 atom stereocenters. The van der Waals surface area contributed by atoms with Gasteiger partial charge in [0, 0.05) is 9.35 Å². The monoisotopic (exact) mass is 363 g/mol. The van der Waals surface area contributed by atoms with Gasteiger partial charge in [-0.25, -0.2) is 14.4 Å². The van der Waals surface area contributed by atoms with Crippen LogP contribution in [0.25, 0.3) is 21.6 Å². The number of nitrogens with zero attached hydrogens (tertiary/aromatic N) is 2. The first-order valence-electron chi connectivity index (χ1n) is 6.66. The molecule has 21 heavy (non-hydrogen) atoms. The number of anilines is 1. The van der Waals surface area contributed by atoms with Gasteiger partial charge in [0.05, 0.1) is 10.9 Å². The van der Waals surface area contributed by atoms with Crippen molar-refractivity contribution >= 4 is 43.3 Å². The van der Waals surface area contributed by atoms with Gasteiger partial charge in [-0.15, -0.1) is 11.3 Å². The van der Waals surface area contributed by atoms with Crippen LogP contribution in [-0.4, -0.2) is 9.97 Å². The summed E-state index contributed by atoms with van der Waals surface area (Å²) in [5.41, 5.74) is 7.77. The van der Waals surface area contributed by atoms with Crippen LogP contribution in [0.4, 0.5) is 10.2 Å². The smallest absolute Gasteiger partial charge is 0.166 e. The van der Waals surface area contributed by atoms with Crippen molar-refractivity contribution in [2.75, 3.05) is 5.73 Å². The molecule has 2 heterocycles. The van der Waals surface area contributed by atoms with Gasteiger partial charge in [0.1, 0.15) is 16.5 Å². The normalized spacial score (nSPS) is 13.8. The summed E-state index contributed by atoms with van der Waals surface area (Å²) < 4.78 is 14.8. The Morgan fingerprint density at radius 3 is 2.95 bits per heavy atom. The third-order valence-corrected chi connectivity index (χ3v) is 5.44. The lowest BCUT2D eigenvalue weighted by atomic mass is 10.1. The fourth-order valence-electron chi connectivity index (χ4n) is 2.81. The number of hydrogen-bond donors (Lipinski definition) is 1. The van der Waals surface area contributed by atoms with Crippen LogP contribution in [0, 0.1) is 5.82 Å². The highest BCUT2D eigenvalue weighted by atomic mass is 79.9. The van der Waals surface area contributed by atoms with E-state index in [4.69, 9.17) is 5.73 Å². The summed E-state index contributed by atoms with van der Waals surface area (Å²) in [6.07, 6.45) is 3.28. The number of aromatic nitrogens is 2. The van der Waals surface area contributed by atoms with Gasteiger partial charge in [0.25, 0.3) is 0 Å². The third-order valence-electron chi connectivity index (χ3n) is 3.76. The van der Waals surface area contributed by atoms with Gasteiger partial charge in [0.15, 0.2) is 5.82 Å². The molecule has 1 aliphatic rings. The van der Waals surface area contributed by atoms with Gasteiger partial charge < -0.3 is 5.73 Å². The van der Waals surface area contributed by atoms with Crippen molar-refractivity contribution in [3.63, 3.8) is 0 Å². The maximum atomic E-state index is 14.0. The quantitative estimate of drug-likeness (QED) is 0.699. The number of aryl methyl sites for hydroxylation is 2. The molecule has 6 heteroatoms. The second-order valence-corrected chi connectivity index (χ2v) is 7.09. The molecule has 0 spiro atoms. The zero-order chi connectivity index (χ0) is 14.6. The molecule has 1 aliphatic carbocycles. The van der Waals surface area contributed by atoms with Gasteiger partial charge in [-0.2, -0.15) is 0 Å². The number of hydrogen-bond acceptors (Lipinski definition) is 4. The largest absolute Gasteiger partial charge is 0.383 e. The molecule has 0 saturated heterocycles. The van der Waals surface area contributed by atoms with E-state index in [1.165, 1.54) is 22.9 Å². The molecule has 4 rings (SSSR count). The van der Waals surface area contributed by atoms with Crippen molar-refractivity contribution in [1.82, 2.24) is 9.97 Å². The van der Waals surface area contributed by atoms with E-state index < -0.39 is 0 Å². The van der Waals surface area contributed by atoms with Crippen LogP contribution < -0.4 is 5.73 Å². The zero-order valence-corrected chi connectivity index (χ0v) is 13.4. The molecule has 3 aromatic rings. The van der Waals surface area contributed by atoms with Gasteiger partial charge in [-0.1, -0.05) is 15.9 Å². The first-order chi connectivity index (χ1) is 10.1. The lowest BCUT2D eigenvalue weighted by Gasteiger charge is -2.05. The van der Waals surface area contributed by atoms with E-state index in [0.717, 1.165) is 27.5 Å². The molecule has 2 aromatic heterocycles. The molecule has 2 N–H and O–H groups in total. The van der Waals surface area contributed by atoms with Gasteiger partial charge in [-0.3, -0.25) is 0 Å². The minimum absolute atomic E-state index is 0.346. The van der Waals surface area contributed by atoms with E-state index in [1.807, 2.05) is 0 Å². The maximum Gasteiger partial charge on any atom is 0.166 e. The summed E-state index contributed by atoms with van der Waals surface area (Å²) in [7, 11) is 0. The summed E-state index contributed by atoms with van der Waals surface area (Å²) in [6, 6.07) is 4.73. The molecule has 0 amide bonds. The molecular weight excluding hydrogens is 353 g/mol. The number of rotatable bonds is 1. The molecule has 0 radical (unpaired) electrons. The third kappa shape index (κ3) is 2.05. The van der Waals surface area contributed by atoms with Crippen molar-refractivity contribution in [2.24, 2.45) is 0 Å². The highest BCUT2D eigenvalue weighted by Gasteiger charge is 2.22. The zero-order valence-electron chi connectivity index (χ0n) is 11.0. The number of nitrogen functional groups attached to an aromatic ring is 1. The second-order valence-electron chi connectivity index (χ2n) is 5.09. The van der Waals surface area contributed by atoms with Crippen LogP contribution in [0.3, 0.4) is 0 Å². The number of nitrogens with two attached hydrogens (primary N) is 1. The van der Waals surface area contributed by atoms with Crippen molar-refractivity contribution in [3.05, 3.63) is 38.9 Å². The highest BCUT2D eigenvalue weighted by Crippen LogP contribution is 2.39. The summed E-state index contributed by atoms with van der Waals surface area (Å²) >= 11 is 5.00. The van der Waals surface area contributed by atoms with Crippen molar-refractivity contribution < 1.29 is 4.39 Å². The number of benzene rings is 1. The van der Waals surface area contributed by atoms with Gasteiger partial charge in [0.2, 0.25) is 0 Å². The van der Waals surface area contributed by atoms with E-state index in [2.05, 4.69) is 25.9 Å². The minimum Gasteiger partial charge on any atom is -0.383 e. The molecule has 0 bridgehead atoms. The fourth-order valence-corrected chi connectivity index (χ4v) is 4.44. The SMILES string of the molecule is Nc1nc(-c2cc(Br)ccc2F)nc2sc3c(c12)CCC3. The Morgan fingerprint density at radius 2 is 2.10 bits per heavy atom. The van der Waals surface area contributed by atoms with E-state index in [9.17, 15) is 4.39 Å². The van der Waals surface area contributed by atoms with E-state index >= 15 is 0 Å². The van der Waals surface area contributed by atoms with Gasteiger partial charge >= 0.3 is 0 Å². The number of fused-ring (bicyclic) bond motifs is 3. The molecule has 1 aromatic carbocycles. The summed E-state index contributed by atoms with van der Waals surface area (Å²) in [6.45, 7) is 0. The molecule has 106 valence electrons. The lowest BCUT2D eigenvalue weighted by Crippen LogP contribution is -1.99. The van der Waals surface area contributed by atoms with E-state index in [1.54, 1.807) is 23.5 Å². The average Bonchev–Trinajstić information content (AvgIpc) is 3.01. The Morgan fingerprint density at radius 1 is 1.24 bits per heavy atom. The fraction of sp³-hybridized carbons (Fsp3) is 0.200. The van der Waals surface area contributed by atoms with E-state index in [-0.39, 0.29) is 5.82 Å². The molecule has 3 nitrogen and oxygen atoms in total.